The highest BCUT2D eigenvalue weighted by molar-refractivity contribution is 8.01. The Morgan fingerprint density at radius 3 is 2.97 bits per heavy atom. The average molecular weight is 451 g/mol. The molecule has 30 heavy (non-hydrogen) atoms. The molecular formula is C16H17N7O5S2. The van der Waals surface area contributed by atoms with Crippen molar-refractivity contribution in [3.63, 3.8) is 0 Å². The van der Waals surface area contributed by atoms with Crippen molar-refractivity contribution < 1.29 is 23.9 Å². The maximum absolute atomic E-state index is 12.7. The van der Waals surface area contributed by atoms with Gasteiger partial charge in [-0.25, -0.2) is 9.48 Å². The molecule has 0 spiro atoms. The van der Waals surface area contributed by atoms with Crippen LogP contribution in [0, 0.1) is 0 Å². The summed E-state index contributed by atoms with van der Waals surface area (Å²) in [6.45, 7) is 0. The second-order valence-corrected chi connectivity index (χ2v) is 8.57. The summed E-state index contributed by atoms with van der Waals surface area (Å²) in [7, 11) is 1.68. The van der Waals surface area contributed by atoms with Crippen LogP contribution in [0.25, 0.3) is 0 Å². The second-order valence-electron chi connectivity index (χ2n) is 6.52. The largest absolute Gasteiger partial charge is 0.477 e. The van der Waals surface area contributed by atoms with Gasteiger partial charge >= 0.3 is 5.97 Å². The van der Waals surface area contributed by atoms with Crippen LogP contribution in [-0.2, 0) is 21.4 Å². The Bertz CT molecular complexity index is 1020. The van der Waals surface area contributed by atoms with Gasteiger partial charge in [0.2, 0.25) is 11.1 Å². The smallest absolute Gasteiger partial charge is 0.352 e. The molecule has 0 aromatic carbocycles. The van der Waals surface area contributed by atoms with E-state index in [0.29, 0.717) is 22.2 Å². The molecule has 0 bridgehead atoms. The molecule has 1 fully saturated rings. The number of hydrogen-bond acceptors (Lipinski definition) is 10. The Hall–Kier alpha value is -2.84. The number of carboxylic acid groups (broad SMARTS) is 1. The average Bonchev–Trinajstić information content (AvgIpc) is 3.40. The first-order chi connectivity index (χ1) is 14.4. The minimum absolute atomic E-state index is 0.0628. The van der Waals surface area contributed by atoms with Crippen LogP contribution in [-0.4, -0.2) is 70.9 Å². The van der Waals surface area contributed by atoms with Gasteiger partial charge in [0.1, 0.15) is 28.9 Å². The summed E-state index contributed by atoms with van der Waals surface area (Å²) in [5.41, 5.74) is 6.38. The van der Waals surface area contributed by atoms with Crippen molar-refractivity contribution in [3.8, 4) is 0 Å². The Morgan fingerprint density at radius 1 is 1.53 bits per heavy atom. The number of hydrogen-bond donors (Lipinski definition) is 3. The first kappa shape index (κ1) is 20.4. The summed E-state index contributed by atoms with van der Waals surface area (Å²) < 4.78 is 6.60. The summed E-state index contributed by atoms with van der Waals surface area (Å²) in [6.07, 6.45) is 1.40. The summed E-state index contributed by atoms with van der Waals surface area (Å²) in [5.74, 6) is -1.27. The number of thioether (sulfide) groups is 2. The molecule has 4 N–H and O–H groups in total. The summed E-state index contributed by atoms with van der Waals surface area (Å²) in [6, 6.07) is 1.26. The fourth-order valence-electron chi connectivity index (χ4n) is 3.13. The predicted octanol–water partition coefficient (Wildman–Crippen LogP) is -0.666. The number of fused-ring (bicyclic) bond motifs is 1. The lowest BCUT2D eigenvalue weighted by atomic mass is 10.0. The number of rotatable bonds is 7. The van der Waals surface area contributed by atoms with Crippen molar-refractivity contribution in [1.29, 1.82) is 0 Å². The van der Waals surface area contributed by atoms with E-state index < -0.39 is 35.2 Å². The molecule has 1 saturated heterocycles. The van der Waals surface area contributed by atoms with E-state index >= 15 is 0 Å². The normalized spacial score (nSPS) is 21.8. The molecule has 2 aliphatic rings. The molecule has 4 rings (SSSR count). The number of aromatic nitrogens is 4. The number of nitrogens with zero attached hydrogens (tertiary/aromatic N) is 5. The second kappa shape index (κ2) is 8.12. The van der Waals surface area contributed by atoms with E-state index in [1.54, 1.807) is 19.2 Å². The Balaban J connectivity index is 1.46. The molecule has 2 aromatic heterocycles. The quantitative estimate of drug-likeness (QED) is 0.360. The van der Waals surface area contributed by atoms with E-state index in [2.05, 4.69) is 20.8 Å². The van der Waals surface area contributed by atoms with Gasteiger partial charge in [-0.1, -0.05) is 11.8 Å². The van der Waals surface area contributed by atoms with Crippen LogP contribution >= 0.6 is 23.5 Å². The van der Waals surface area contributed by atoms with Gasteiger partial charge < -0.3 is 20.6 Å². The van der Waals surface area contributed by atoms with Gasteiger partial charge in [-0.15, -0.1) is 16.9 Å². The maximum atomic E-state index is 12.7. The van der Waals surface area contributed by atoms with Gasteiger partial charge in [-0.05, 0) is 28.1 Å². The Morgan fingerprint density at radius 2 is 2.33 bits per heavy atom. The predicted molar refractivity (Wildman–Crippen MR) is 105 cm³/mol. The van der Waals surface area contributed by atoms with Gasteiger partial charge in [0, 0.05) is 18.6 Å². The van der Waals surface area contributed by atoms with Crippen LogP contribution in [0.2, 0.25) is 0 Å². The zero-order valence-corrected chi connectivity index (χ0v) is 17.2. The molecule has 2 aliphatic heterocycles. The number of carbonyl (C=O) groups excluding carboxylic acids is 2. The highest BCUT2D eigenvalue weighted by atomic mass is 32.2. The molecule has 0 radical (unpaired) electrons. The number of tetrazole rings is 1. The number of carbonyl (C=O) groups is 3. The van der Waals surface area contributed by atoms with Crippen LogP contribution in [0.15, 0.2) is 39.2 Å². The third kappa shape index (κ3) is 3.57. The van der Waals surface area contributed by atoms with E-state index in [1.165, 1.54) is 39.4 Å². The number of furan rings is 1. The molecule has 0 saturated carbocycles. The van der Waals surface area contributed by atoms with Gasteiger partial charge in [-0.3, -0.25) is 14.5 Å². The summed E-state index contributed by atoms with van der Waals surface area (Å²) in [5, 5.41) is 23.5. The van der Waals surface area contributed by atoms with Crippen molar-refractivity contribution in [3.05, 3.63) is 35.4 Å². The Kier molecular flexibility index (Phi) is 5.53. The van der Waals surface area contributed by atoms with E-state index in [4.69, 9.17) is 10.2 Å². The highest BCUT2D eigenvalue weighted by Gasteiger charge is 2.54. The number of carboxylic acids is 1. The topological polar surface area (TPSA) is 169 Å². The number of aliphatic carboxylic acids is 1. The van der Waals surface area contributed by atoms with E-state index in [1.807, 2.05) is 0 Å². The number of amides is 2. The van der Waals surface area contributed by atoms with Crippen LogP contribution in [0.3, 0.4) is 0 Å². The van der Waals surface area contributed by atoms with Crippen molar-refractivity contribution in [2.75, 3.05) is 11.5 Å². The molecule has 3 unspecified atom stereocenters. The minimum Gasteiger partial charge on any atom is -0.477 e. The van der Waals surface area contributed by atoms with Crippen LogP contribution in [0.1, 0.15) is 11.8 Å². The van der Waals surface area contributed by atoms with E-state index in [-0.39, 0.29) is 11.5 Å². The lowest BCUT2D eigenvalue weighted by molar-refractivity contribution is -0.150. The molecule has 3 atom stereocenters. The van der Waals surface area contributed by atoms with Gasteiger partial charge in [-0.2, -0.15) is 0 Å². The molecule has 4 heterocycles. The van der Waals surface area contributed by atoms with Crippen molar-refractivity contribution in [1.82, 2.24) is 30.4 Å². The van der Waals surface area contributed by atoms with E-state index in [9.17, 15) is 19.5 Å². The zero-order chi connectivity index (χ0) is 21.4. The van der Waals surface area contributed by atoms with Crippen LogP contribution in [0.4, 0.5) is 0 Å². The molecule has 14 heteroatoms. The van der Waals surface area contributed by atoms with Crippen molar-refractivity contribution >= 4 is 41.3 Å². The lowest BCUT2D eigenvalue weighted by Crippen LogP contribution is -2.71. The third-order valence-electron chi connectivity index (χ3n) is 4.64. The lowest BCUT2D eigenvalue weighted by Gasteiger charge is -2.49. The molecule has 2 aromatic rings. The highest BCUT2D eigenvalue weighted by Crippen LogP contribution is 2.41. The van der Waals surface area contributed by atoms with E-state index in [0.717, 1.165) is 0 Å². The SMILES string of the molecule is Cn1nnnc1SCC1=C(C(=O)O)N2C(=O)C(NC(=O)C(N)c3ccco3)C2SC1. The monoisotopic (exact) mass is 451 g/mol. The standard InChI is InChI=1S/C16H17N7O5S2/c1-22-16(19-20-21-22)30-6-7-5-29-14-10(13(25)23(14)11(7)15(26)27)18-12(24)9(17)8-3-2-4-28-8/h2-4,9-10,14H,5-6,17H2,1H3,(H,18,24)(H,26,27). The van der Waals surface area contributed by atoms with Crippen LogP contribution in [0.5, 0.6) is 0 Å². The molecular weight excluding hydrogens is 434 g/mol. The molecule has 0 aliphatic carbocycles. The first-order valence-corrected chi connectivity index (χ1v) is 10.8. The maximum Gasteiger partial charge on any atom is 0.352 e. The number of aryl methyl sites for hydroxylation is 1. The molecule has 2 amide bonds. The minimum atomic E-state index is -1.20. The fourth-order valence-corrected chi connectivity index (χ4v) is 5.46. The van der Waals surface area contributed by atoms with Gasteiger partial charge in [0.25, 0.3) is 5.91 Å². The molecule has 12 nitrogen and oxygen atoms in total. The first-order valence-electron chi connectivity index (χ1n) is 8.73. The third-order valence-corrected chi connectivity index (χ3v) is 7.07. The van der Waals surface area contributed by atoms with Gasteiger partial charge in [0.05, 0.1) is 6.26 Å². The molecule has 158 valence electrons. The van der Waals surface area contributed by atoms with Crippen molar-refractivity contribution in [2.45, 2.75) is 22.6 Å². The zero-order valence-electron chi connectivity index (χ0n) is 15.6. The fraction of sp³-hybridized carbons (Fsp3) is 0.375. The number of nitrogens with two attached hydrogens (primary N) is 1. The van der Waals surface area contributed by atoms with Crippen molar-refractivity contribution in [2.24, 2.45) is 12.8 Å². The number of β-lactam (4-membered cyclic amide) rings is 1. The summed E-state index contributed by atoms with van der Waals surface area (Å²) >= 11 is 2.66. The number of nitrogens with one attached hydrogen (secondary N) is 1. The summed E-state index contributed by atoms with van der Waals surface area (Å²) in [4.78, 5) is 38.2. The van der Waals surface area contributed by atoms with Gasteiger partial charge in [0.15, 0.2) is 0 Å². The Labute approximate surface area is 178 Å². The van der Waals surface area contributed by atoms with Crippen LogP contribution < -0.4 is 11.1 Å².